The van der Waals surface area contributed by atoms with Crippen molar-refractivity contribution in [3.8, 4) is 0 Å². The first-order valence-corrected chi connectivity index (χ1v) is 6.83. The Balaban J connectivity index is 1.76. The average Bonchev–Trinajstić information content (AvgIpc) is 2.48. The third kappa shape index (κ3) is 4.09. The van der Waals surface area contributed by atoms with E-state index in [0.717, 1.165) is 43.9 Å². The quantitative estimate of drug-likeness (QED) is 0.900. The first kappa shape index (κ1) is 13.6. The standard InChI is InChI=1S/C15H22N4/c1-16-14-10-11-15(18-17-14)19(2)12-6-9-13-7-4-3-5-8-13/h3-5,7-8H,6,9-12H2,1-2H3,(H,16,17). The normalized spacial score (nSPS) is 16.9. The van der Waals surface area contributed by atoms with E-state index in [9.17, 15) is 0 Å². The molecule has 1 aliphatic heterocycles. The van der Waals surface area contributed by atoms with Gasteiger partial charge in [0.05, 0.1) is 0 Å². The van der Waals surface area contributed by atoms with E-state index in [1.165, 1.54) is 5.56 Å². The molecule has 0 fully saturated rings. The van der Waals surface area contributed by atoms with Gasteiger partial charge < -0.3 is 4.90 Å². The minimum absolute atomic E-state index is 0.957. The van der Waals surface area contributed by atoms with Crippen LogP contribution in [0.3, 0.4) is 0 Å². The number of aryl methyl sites for hydroxylation is 1. The third-order valence-corrected chi connectivity index (χ3v) is 3.41. The molecule has 0 unspecified atom stereocenters. The van der Waals surface area contributed by atoms with E-state index in [1.54, 1.807) is 7.05 Å². The van der Waals surface area contributed by atoms with Crippen LogP contribution in [-0.4, -0.2) is 37.2 Å². The lowest BCUT2D eigenvalue weighted by Crippen LogP contribution is -2.35. The number of hydrogen-bond donors (Lipinski definition) is 1. The fourth-order valence-electron chi connectivity index (χ4n) is 2.20. The monoisotopic (exact) mass is 258 g/mol. The highest BCUT2D eigenvalue weighted by Crippen LogP contribution is 2.07. The smallest absolute Gasteiger partial charge is 0.125 e. The summed E-state index contributed by atoms with van der Waals surface area (Å²) in [5.41, 5.74) is 4.41. The number of nitrogens with one attached hydrogen (secondary N) is 1. The zero-order valence-electron chi connectivity index (χ0n) is 11.8. The van der Waals surface area contributed by atoms with E-state index in [2.05, 4.69) is 57.8 Å². The maximum atomic E-state index is 4.37. The van der Waals surface area contributed by atoms with Gasteiger partial charge in [-0.3, -0.25) is 10.4 Å². The van der Waals surface area contributed by atoms with Crippen molar-refractivity contribution >= 4 is 11.7 Å². The average molecular weight is 258 g/mol. The lowest BCUT2D eigenvalue weighted by molar-refractivity contribution is 0.471. The Morgan fingerprint density at radius 2 is 2.05 bits per heavy atom. The summed E-state index contributed by atoms with van der Waals surface area (Å²) in [6.07, 6.45) is 4.20. The van der Waals surface area contributed by atoms with Gasteiger partial charge in [0.2, 0.25) is 0 Å². The van der Waals surface area contributed by atoms with Gasteiger partial charge in [-0.1, -0.05) is 30.3 Å². The van der Waals surface area contributed by atoms with Crippen LogP contribution in [0.25, 0.3) is 0 Å². The Kier molecular flexibility index (Phi) is 4.95. The second kappa shape index (κ2) is 6.92. The Bertz CT molecular complexity index is 450. The molecule has 0 aromatic heterocycles. The highest BCUT2D eigenvalue weighted by molar-refractivity contribution is 5.93. The van der Waals surface area contributed by atoms with Crippen LogP contribution < -0.4 is 5.43 Å². The Hall–Kier alpha value is -1.84. The van der Waals surface area contributed by atoms with Gasteiger partial charge in [0.25, 0.3) is 0 Å². The van der Waals surface area contributed by atoms with Crippen molar-refractivity contribution in [3.63, 3.8) is 0 Å². The van der Waals surface area contributed by atoms with Crippen LogP contribution in [0.4, 0.5) is 0 Å². The number of rotatable bonds is 4. The molecule has 2 rings (SSSR count). The summed E-state index contributed by atoms with van der Waals surface area (Å²) < 4.78 is 0. The molecule has 0 aliphatic carbocycles. The van der Waals surface area contributed by atoms with Crippen LogP contribution in [0.2, 0.25) is 0 Å². The molecule has 0 saturated heterocycles. The van der Waals surface area contributed by atoms with Gasteiger partial charge in [0.1, 0.15) is 11.7 Å². The van der Waals surface area contributed by atoms with E-state index in [-0.39, 0.29) is 0 Å². The van der Waals surface area contributed by atoms with Gasteiger partial charge in [0.15, 0.2) is 0 Å². The Morgan fingerprint density at radius 1 is 1.26 bits per heavy atom. The largest absolute Gasteiger partial charge is 0.362 e. The maximum Gasteiger partial charge on any atom is 0.125 e. The fourth-order valence-corrected chi connectivity index (χ4v) is 2.20. The van der Waals surface area contributed by atoms with Gasteiger partial charge in [-0.05, 0) is 18.4 Å². The molecule has 1 aromatic rings. The Morgan fingerprint density at radius 3 is 2.68 bits per heavy atom. The molecule has 0 saturated carbocycles. The van der Waals surface area contributed by atoms with Crippen LogP contribution in [0.1, 0.15) is 24.8 Å². The summed E-state index contributed by atoms with van der Waals surface area (Å²) >= 11 is 0. The molecule has 0 bridgehead atoms. The van der Waals surface area contributed by atoms with Crippen LogP contribution in [0.15, 0.2) is 40.4 Å². The SMILES string of the molecule is CN=C1CCC(N(C)CCCc2ccccc2)=NN1. The van der Waals surface area contributed by atoms with Crippen molar-refractivity contribution in [2.75, 3.05) is 20.6 Å². The van der Waals surface area contributed by atoms with Gasteiger partial charge in [-0.2, -0.15) is 5.10 Å². The number of hydrazone groups is 1. The highest BCUT2D eigenvalue weighted by Gasteiger charge is 2.13. The predicted octanol–water partition coefficient (Wildman–Crippen LogP) is 2.28. The number of aliphatic imine (C=N–C) groups is 1. The summed E-state index contributed by atoms with van der Waals surface area (Å²) in [7, 11) is 3.91. The second-order valence-corrected chi connectivity index (χ2v) is 4.82. The van der Waals surface area contributed by atoms with Crippen molar-refractivity contribution in [3.05, 3.63) is 35.9 Å². The molecule has 0 atom stereocenters. The van der Waals surface area contributed by atoms with Gasteiger partial charge in [0, 0.05) is 33.5 Å². The van der Waals surface area contributed by atoms with E-state index >= 15 is 0 Å². The number of benzene rings is 1. The molecule has 1 aromatic carbocycles. The van der Waals surface area contributed by atoms with Crippen molar-refractivity contribution in [2.45, 2.75) is 25.7 Å². The van der Waals surface area contributed by atoms with Crippen LogP contribution in [0.5, 0.6) is 0 Å². The molecular formula is C15H22N4. The van der Waals surface area contributed by atoms with E-state index in [4.69, 9.17) is 0 Å². The number of hydrogen-bond acceptors (Lipinski definition) is 3. The van der Waals surface area contributed by atoms with Crippen molar-refractivity contribution in [1.82, 2.24) is 10.3 Å². The lowest BCUT2D eigenvalue weighted by Gasteiger charge is -2.24. The molecule has 0 radical (unpaired) electrons. The summed E-state index contributed by atoms with van der Waals surface area (Å²) in [6, 6.07) is 10.6. The van der Waals surface area contributed by atoms with Crippen LogP contribution in [-0.2, 0) is 6.42 Å². The summed E-state index contributed by atoms with van der Waals surface area (Å²) in [5, 5.41) is 4.37. The zero-order valence-corrected chi connectivity index (χ0v) is 11.8. The van der Waals surface area contributed by atoms with Crippen LogP contribution in [0, 0.1) is 0 Å². The van der Waals surface area contributed by atoms with Crippen LogP contribution >= 0.6 is 0 Å². The van der Waals surface area contributed by atoms with Gasteiger partial charge in [-0.15, -0.1) is 0 Å². The molecule has 0 amide bonds. The molecule has 1 heterocycles. The number of amidine groups is 2. The highest BCUT2D eigenvalue weighted by atomic mass is 15.4. The maximum absolute atomic E-state index is 4.37. The Labute approximate surface area is 115 Å². The van der Waals surface area contributed by atoms with Crippen molar-refractivity contribution < 1.29 is 0 Å². The number of nitrogens with zero attached hydrogens (tertiary/aromatic N) is 3. The second-order valence-electron chi connectivity index (χ2n) is 4.82. The molecule has 19 heavy (non-hydrogen) atoms. The van der Waals surface area contributed by atoms with Crippen molar-refractivity contribution in [2.24, 2.45) is 10.1 Å². The molecule has 4 heteroatoms. The molecule has 0 spiro atoms. The van der Waals surface area contributed by atoms with Crippen molar-refractivity contribution in [1.29, 1.82) is 0 Å². The van der Waals surface area contributed by atoms with E-state index in [1.807, 2.05) is 0 Å². The van der Waals surface area contributed by atoms with Gasteiger partial charge in [-0.25, -0.2) is 0 Å². The minimum Gasteiger partial charge on any atom is -0.362 e. The summed E-state index contributed by atoms with van der Waals surface area (Å²) in [4.78, 5) is 6.36. The molecule has 1 N–H and O–H groups in total. The lowest BCUT2D eigenvalue weighted by atomic mass is 10.1. The van der Waals surface area contributed by atoms with Gasteiger partial charge >= 0.3 is 0 Å². The molecular weight excluding hydrogens is 236 g/mol. The minimum atomic E-state index is 0.957. The molecule has 1 aliphatic rings. The molecule has 4 nitrogen and oxygen atoms in total. The van der Waals surface area contributed by atoms with E-state index in [0.29, 0.717) is 0 Å². The molecule has 102 valence electrons. The summed E-state index contributed by atoms with van der Waals surface area (Å²) in [6.45, 7) is 1.04. The predicted molar refractivity (Wildman–Crippen MR) is 80.6 cm³/mol. The van der Waals surface area contributed by atoms with E-state index < -0.39 is 0 Å². The first-order chi connectivity index (χ1) is 9.29. The zero-order chi connectivity index (χ0) is 13.5. The fraction of sp³-hybridized carbons (Fsp3) is 0.467. The third-order valence-electron chi connectivity index (χ3n) is 3.41. The topological polar surface area (TPSA) is 40.0 Å². The summed E-state index contributed by atoms with van der Waals surface area (Å²) in [5.74, 6) is 2.10. The first-order valence-electron chi connectivity index (χ1n) is 6.83.